The van der Waals surface area contributed by atoms with E-state index >= 15 is 0 Å². The van der Waals surface area contributed by atoms with Crippen LogP contribution in [-0.4, -0.2) is 5.78 Å². The molecule has 2 rings (SSSR count). The minimum atomic E-state index is -0.842. The molecule has 0 radical (unpaired) electrons. The van der Waals surface area contributed by atoms with Gasteiger partial charge in [0.1, 0.15) is 5.92 Å². The monoisotopic (exact) mass is 267 g/mol. The molecule has 1 aliphatic carbocycles. The molecule has 0 amide bonds. The van der Waals surface area contributed by atoms with Crippen molar-refractivity contribution in [3.63, 3.8) is 0 Å². The number of hydrogen-bond donors (Lipinski definition) is 0. The number of halogens is 2. The summed E-state index contributed by atoms with van der Waals surface area (Å²) in [6.45, 7) is 2.01. The number of Topliss-reactive ketones (excluding diaryl/α,β-unsaturated/α-hetero) is 1. The van der Waals surface area contributed by atoms with Crippen molar-refractivity contribution in [2.75, 3.05) is 0 Å². The first-order chi connectivity index (χ1) is 8.06. The van der Waals surface area contributed by atoms with E-state index in [1.54, 1.807) is 18.2 Å². The van der Waals surface area contributed by atoms with Crippen molar-refractivity contribution in [2.45, 2.75) is 19.3 Å². The van der Waals surface area contributed by atoms with Crippen molar-refractivity contribution in [2.24, 2.45) is 11.8 Å². The molecule has 1 fully saturated rings. The first-order valence-corrected chi connectivity index (χ1v) is 6.19. The second-order valence-electron chi connectivity index (χ2n) is 4.42. The quantitative estimate of drug-likeness (QED) is 0.835. The lowest BCUT2D eigenvalue weighted by Crippen LogP contribution is -2.14. The van der Waals surface area contributed by atoms with E-state index in [0.717, 1.165) is 6.42 Å². The summed E-state index contributed by atoms with van der Waals surface area (Å²) in [5, 5.41) is 9.93. The van der Waals surface area contributed by atoms with Gasteiger partial charge in [-0.2, -0.15) is 5.26 Å². The third-order valence-corrected chi connectivity index (χ3v) is 3.84. The van der Waals surface area contributed by atoms with Crippen LogP contribution in [0.4, 0.5) is 0 Å². The van der Waals surface area contributed by atoms with E-state index in [-0.39, 0.29) is 11.7 Å². The standard InChI is InChI=1S/C13H11Cl2NO/c1-7-5-8(7)13(17)9(6-16)12-10(14)3-2-4-11(12)15/h2-4,7-9H,5H2,1H3. The molecule has 4 heteroatoms. The zero-order chi connectivity index (χ0) is 12.6. The van der Waals surface area contributed by atoms with Crippen LogP contribution in [0.5, 0.6) is 0 Å². The molecule has 1 aromatic rings. The Kier molecular flexibility index (Phi) is 3.42. The van der Waals surface area contributed by atoms with Gasteiger partial charge in [-0.1, -0.05) is 36.2 Å². The van der Waals surface area contributed by atoms with E-state index < -0.39 is 5.92 Å². The zero-order valence-corrected chi connectivity index (χ0v) is 10.8. The number of hydrogen-bond acceptors (Lipinski definition) is 2. The summed E-state index contributed by atoms with van der Waals surface area (Å²) < 4.78 is 0. The molecular formula is C13H11Cl2NO. The molecular weight excluding hydrogens is 257 g/mol. The Hall–Kier alpha value is -1.04. The van der Waals surface area contributed by atoms with Crippen molar-refractivity contribution in [1.29, 1.82) is 5.26 Å². The summed E-state index contributed by atoms with van der Waals surface area (Å²) in [7, 11) is 0. The lowest BCUT2D eigenvalue weighted by molar-refractivity contribution is -0.120. The van der Waals surface area contributed by atoms with Crippen molar-refractivity contribution < 1.29 is 4.79 Å². The Labute approximate surface area is 110 Å². The highest BCUT2D eigenvalue weighted by atomic mass is 35.5. The van der Waals surface area contributed by atoms with Gasteiger partial charge in [-0.3, -0.25) is 4.79 Å². The molecule has 1 saturated carbocycles. The van der Waals surface area contributed by atoms with Gasteiger partial charge in [0.05, 0.1) is 6.07 Å². The molecule has 1 aromatic carbocycles. The van der Waals surface area contributed by atoms with E-state index in [1.807, 2.05) is 13.0 Å². The molecule has 3 unspecified atom stereocenters. The number of carbonyl (C=O) groups excluding carboxylic acids is 1. The Bertz CT molecular complexity index is 486. The lowest BCUT2D eigenvalue weighted by Gasteiger charge is -2.11. The van der Waals surface area contributed by atoms with Crippen molar-refractivity contribution in [3.8, 4) is 6.07 Å². The van der Waals surface area contributed by atoms with Gasteiger partial charge in [-0.25, -0.2) is 0 Å². The van der Waals surface area contributed by atoms with Crippen LogP contribution in [0.2, 0.25) is 10.0 Å². The van der Waals surface area contributed by atoms with Crippen molar-refractivity contribution in [1.82, 2.24) is 0 Å². The zero-order valence-electron chi connectivity index (χ0n) is 9.28. The van der Waals surface area contributed by atoms with Crippen LogP contribution in [0.3, 0.4) is 0 Å². The first kappa shape index (κ1) is 12.4. The maximum absolute atomic E-state index is 12.1. The number of benzene rings is 1. The predicted molar refractivity (Wildman–Crippen MR) is 67.1 cm³/mol. The van der Waals surface area contributed by atoms with Gasteiger partial charge in [0, 0.05) is 21.5 Å². The Morgan fingerprint density at radius 1 is 1.47 bits per heavy atom. The fraction of sp³-hybridized carbons (Fsp3) is 0.385. The normalized spacial score (nSPS) is 23.9. The van der Waals surface area contributed by atoms with E-state index in [9.17, 15) is 10.1 Å². The molecule has 0 bridgehead atoms. The fourth-order valence-electron chi connectivity index (χ4n) is 1.99. The smallest absolute Gasteiger partial charge is 0.157 e. The molecule has 0 aromatic heterocycles. The maximum Gasteiger partial charge on any atom is 0.157 e. The average Bonchev–Trinajstić information content (AvgIpc) is 3.00. The predicted octanol–water partition coefficient (Wildman–Crippen LogP) is 3.83. The van der Waals surface area contributed by atoms with Gasteiger partial charge in [0.25, 0.3) is 0 Å². The molecule has 0 aliphatic heterocycles. The van der Waals surface area contributed by atoms with Gasteiger partial charge < -0.3 is 0 Å². The van der Waals surface area contributed by atoms with Crippen LogP contribution < -0.4 is 0 Å². The van der Waals surface area contributed by atoms with E-state index in [1.165, 1.54) is 0 Å². The van der Waals surface area contributed by atoms with Crippen LogP contribution >= 0.6 is 23.2 Å². The SMILES string of the molecule is CC1CC1C(=O)C(C#N)c1c(Cl)cccc1Cl. The van der Waals surface area contributed by atoms with Gasteiger partial charge in [0.2, 0.25) is 0 Å². The summed E-state index contributed by atoms with van der Waals surface area (Å²) in [6, 6.07) is 7.02. The van der Waals surface area contributed by atoms with Gasteiger partial charge in [0.15, 0.2) is 5.78 Å². The van der Waals surface area contributed by atoms with Gasteiger partial charge in [-0.05, 0) is 24.5 Å². The first-order valence-electron chi connectivity index (χ1n) is 5.43. The Morgan fingerprint density at radius 2 is 2.00 bits per heavy atom. The van der Waals surface area contributed by atoms with E-state index in [0.29, 0.717) is 21.5 Å². The third kappa shape index (κ3) is 2.31. The van der Waals surface area contributed by atoms with Crippen LogP contribution in [0.15, 0.2) is 18.2 Å². The minimum absolute atomic E-state index is 0.00742. The molecule has 0 spiro atoms. The highest BCUT2D eigenvalue weighted by Crippen LogP contribution is 2.43. The van der Waals surface area contributed by atoms with Gasteiger partial charge >= 0.3 is 0 Å². The molecule has 17 heavy (non-hydrogen) atoms. The molecule has 0 heterocycles. The number of nitrogens with zero attached hydrogens (tertiary/aromatic N) is 1. The fourth-order valence-corrected chi connectivity index (χ4v) is 2.61. The highest BCUT2D eigenvalue weighted by molar-refractivity contribution is 6.36. The number of carbonyl (C=O) groups is 1. The molecule has 0 N–H and O–H groups in total. The molecule has 0 saturated heterocycles. The minimum Gasteiger partial charge on any atom is -0.298 e. The molecule has 3 atom stereocenters. The van der Waals surface area contributed by atoms with Crippen molar-refractivity contribution in [3.05, 3.63) is 33.8 Å². The lowest BCUT2D eigenvalue weighted by atomic mass is 9.93. The third-order valence-electron chi connectivity index (χ3n) is 3.18. The summed E-state index contributed by atoms with van der Waals surface area (Å²) in [5.74, 6) is -0.534. The van der Waals surface area contributed by atoms with Gasteiger partial charge in [-0.15, -0.1) is 0 Å². The number of nitriles is 1. The molecule has 2 nitrogen and oxygen atoms in total. The highest BCUT2D eigenvalue weighted by Gasteiger charge is 2.43. The Morgan fingerprint density at radius 3 is 2.41 bits per heavy atom. The van der Waals surface area contributed by atoms with E-state index in [2.05, 4.69) is 0 Å². The molecule has 1 aliphatic rings. The van der Waals surface area contributed by atoms with Crippen LogP contribution in [0.1, 0.15) is 24.8 Å². The second kappa shape index (κ2) is 4.68. The van der Waals surface area contributed by atoms with Crippen molar-refractivity contribution >= 4 is 29.0 Å². The Balaban J connectivity index is 2.36. The van der Waals surface area contributed by atoms with Crippen LogP contribution in [0.25, 0.3) is 0 Å². The maximum atomic E-state index is 12.1. The summed E-state index contributed by atoms with van der Waals surface area (Å²) in [4.78, 5) is 12.1. The molecule has 88 valence electrons. The topological polar surface area (TPSA) is 40.9 Å². The summed E-state index contributed by atoms with van der Waals surface area (Å²) in [5.41, 5.74) is 0.447. The number of rotatable bonds is 3. The van der Waals surface area contributed by atoms with Crippen LogP contribution in [-0.2, 0) is 4.79 Å². The second-order valence-corrected chi connectivity index (χ2v) is 5.23. The average molecular weight is 268 g/mol. The van der Waals surface area contributed by atoms with Crippen LogP contribution in [0, 0.1) is 23.2 Å². The summed E-state index contributed by atoms with van der Waals surface area (Å²) >= 11 is 12.0. The number of ketones is 1. The largest absolute Gasteiger partial charge is 0.298 e. The summed E-state index contributed by atoms with van der Waals surface area (Å²) in [6.07, 6.45) is 0.860. The van der Waals surface area contributed by atoms with E-state index in [4.69, 9.17) is 23.2 Å².